The molecule has 0 saturated heterocycles. The average Bonchev–Trinajstić information content (AvgIpc) is 3.25. The van der Waals surface area contributed by atoms with Gasteiger partial charge in [-0.3, -0.25) is 18.7 Å². The number of methoxy groups -OCH3 is 2. The Labute approximate surface area is 229 Å². The van der Waals surface area contributed by atoms with E-state index in [4.69, 9.17) is 30.3 Å². The number of ether oxygens (including phenoxy) is 3. The predicted octanol–water partition coefficient (Wildman–Crippen LogP) is 6.15. The average molecular weight is 582 g/mol. The molecule has 2 aromatic carbocycles. The van der Waals surface area contributed by atoms with Crippen LogP contribution in [-0.4, -0.2) is 37.8 Å². The Morgan fingerprint density at radius 2 is 1.79 bits per heavy atom. The summed E-state index contributed by atoms with van der Waals surface area (Å²) in [6.45, 7) is 4.11. The Morgan fingerprint density at radius 1 is 1.13 bits per heavy atom. The molecule has 38 heavy (non-hydrogen) atoms. The number of carbonyl (C=O) groups excluding carboxylic acids is 2. The Hall–Kier alpha value is -2.88. The largest absolute Gasteiger partial charge is 0.497 e. The highest BCUT2D eigenvalue weighted by Gasteiger charge is 2.42. The van der Waals surface area contributed by atoms with Gasteiger partial charge in [0.15, 0.2) is 5.66 Å². The Morgan fingerprint density at radius 3 is 2.39 bits per heavy atom. The lowest BCUT2D eigenvalue weighted by molar-refractivity contribution is -0.159. The lowest BCUT2D eigenvalue weighted by Crippen LogP contribution is -2.27. The first-order valence-corrected chi connectivity index (χ1v) is 14.3. The molecular weight excluding hydrogens is 553 g/mol. The molecule has 2 unspecified atom stereocenters. The molecule has 0 radical (unpaired) electrons. The van der Waals surface area contributed by atoms with E-state index in [1.807, 2.05) is 0 Å². The van der Waals surface area contributed by atoms with Gasteiger partial charge in [0.2, 0.25) is 12.7 Å². The zero-order chi connectivity index (χ0) is 28.1. The fourth-order valence-electron chi connectivity index (χ4n) is 3.37. The number of hydrogen-bond donors (Lipinski definition) is 2. The summed E-state index contributed by atoms with van der Waals surface area (Å²) < 4.78 is 34.8. The number of benzene rings is 2. The van der Waals surface area contributed by atoms with Crippen LogP contribution < -0.4 is 14.8 Å². The molecule has 2 atom stereocenters. The minimum Gasteiger partial charge on any atom is -0.497 e. The number of fused-ring (bicyclic) bond motifs is 1. The van der Waals surface area contributed by atoms with Gasteiger partial charge in [-0.15, -0.1) is 11.3 Å². The van der Waals surface area contributed by atoms with Crippen molar-refractivity contribution in [2.75, 3.05) is 21.0 Å². The number of esters is 1. The topological polar surface area (TPSA) is 120 Å². The molecule has 0 saturated carbocycles. The lowest BCUT2D eigenvalue weighted by Gasteiger charge is -2.22. The Balaban J connectivity index is 1.90. The number of amides is 1. The van der Waals surface area contributed by atoms with Crippen LogP contribution in [0.5, 0.6) is 11.5 Å². The fourth-order valence-corrected chi connectivity index (χ4v) is 5.90. The van der Waals surface area contributed by atoms with E-state index in [1.54, 1.807) is 68.6 Å². The third-order valence-corrected chi connectivity index (χ3v) is 8.21. The maximum atomic E-state index is 13.4. The van der Waals surface area contributed by atoms with Crippen molar-refractivity contribution in [3.05, 3.63) is 64.1 Å². The second-order valence-corrected chi connectivity index (χ2v) is 12.5. The molecule has 1 amide bonds. The Bertz CT molecular complexity index is 1380. The van der Waals surface area contributed by atoms with Crippen molar-refractivity contribution >= 4 is 58.6 Å². The SMILES string of the molecule is COc1cc(C=CNC(=O)C(c2csc3ccc(Cl)cc23)P(=O)(O)OCOC(=O)C(C)(C)C)cc(OC)c1. The molecule has 1 aromatic heterocycles. The summed E-state index contributed by atoms with van der Waals surface area (Å²) in [5.41, 5.74) is -1.56. The van der Waals surface area contributed by atoms with Crippen molar-refractivity contribution in [2.24, 2.45) is 5.41 Å². The smallest absolute Gasteiger partial charge is 0.347 e. The number of halogens is 1. The first kappa shape index (κ1) is 29.7. The highest BCUT2D eigenvalue weighted by molar-refractivity contribution is 7.54. The summed E-state index contributed by atoms with van der Waals surface area (Å²) in [7, 11) is -1.68. The molecule has 0 aliphatic carbocycles. The summed E-state index contributed by atoms with van der Waals surface area (Å²) in [5.74, 6) is -0.326. The highest BCUT2D eigenvalue weighted by Crippen LogP contribution is 2.58. The van der Waals surface area contributed by atoms with Gasteiger partial charge in [0, 0.05) is 22.0 Å². The van der Waals surface area contributed by atoms with Crippen LogP contribution in [0.2, 0.25) is 5.02 Å². The molecule has 204 valence electrons. The molecule has 12 heteroatoms. The second-order valence-electron chi connectivity index (χ2n) is 9.21. The van der Waals surface area contributed by atoms with Crippen molar-refractivity contribution in [3.8, 4) is 11.5 Å². The highest BCUT2D eigenvalue weighted by atomic mass is 35.5. The normalized spacial score (nSPS) is 14.2. The minimum atomic E-state index is -4.71. The molecule has 0 fully saturated rings. The zero-order valence-electron chi connectivity index (χ0n) is 21.5. The van der Waals surface area contributed by atoms with Gasteiger partial charge in [-0.25, -0.2) is 0 Å². The number of hydrogen-bond acceptors (Lipinski definition) is 8. The molecule has 2 N–H and O–H groups in total. The van der Waals surface area contributed by atoms with Crippen LogP contribution in [0.25, 0.3) is 16.2 Å². The minimum absolute atomic E-state index is 0.259. The van der Waals surface area contributed by atoms with Crippen LogP contribution in [0.1, 0.15) is 37.6 Å². The van der Waals surface area contributed by atoms with Gasteiger partial charge in [-0.1, -0.05) is 11.6 Å². The number of carbonyl (C=O) groups is 2. The van der Waals surface area contributed by atoms with Crippen molar-refractivity contribution in [2.45, 2.75) is 26.4 Å². The number of thiophene rings is 1. The quantitative estimate of drug-likeness (QED) is 0.166. The van der Waals surface area contributed by atoms with Gasteiger partial charge in [0.25, 0.3) is 0 Å². The van der Waals surface area contributed by atoms with Crippen molar-refractivity contribution < 1.29 is 37.8 Å². The maximum absolute atomic E-state index is 13.4. The van der Waals surface area contributed by atoms with E-state index < -0.39 is 37.3 Å². The Kier molecular flexibility index (Phi) is 9.62. The fraction of sp³-hybridized carbons (Fsp3) is 0.308. The van der Waals surface area contributed by atoms with E-state index in [-0.39, 0.29) is 5.56 Å². The van der Waals surface area contributed by atoms with Crippen LogP contribution in [0.4, 0.5) is 0 Å². The van der Waals surface area contributed by atoms with Crippen LogP contribution in [0, 0.1) is 5.41 Å². The van der Waals surface area contributed by atoms with Crippen molar-refractivity contribution in [1.82, 2.24) is 5.32 Å². The van der Waals surface area contributed by atoms with E-state index >= 15 is 0 Å². The summed E-state index contributed by atoms with van der Waals surface area (Å²) in [4.78, 5) is 36.3. The molecule has 0 spiro atoms. The van der Waals surface area contributed by atoms with E-state index in [0.29, 0.717) is 27.5 Å². The predicted molar refractivity (Wildman–Crippen MR) is 148 cm³/mol. The van der Waals surface area contributed by atoms with Crippen molar-refractivity contribution in [3.63, 3.8) is 0 Å². The number of nitrogens with one attached hydrogen (secondary N) is 1. The van der Waals surface area contributed by atoms with Gasteiger partial charge in [0.1, 0.15) is 11.5 Å². The van der Waals surface area contributed by atoms with Crippen molar-refractivity contribution in [1.29, 1.82) is 0 Å². The van der Waals surface area contributed by atoms with Gasteiger partial charge < -0.3 is 24.4 Å². The molecular formula is C26H29ClNO8PS. The second kappa shape index (κ2) is 12.3. The van der Waals surface area contributed by atoms with Crippen LogP contribution >= 0.6 is 30.5 Å². The third kappa shape index (κ3) is 7.36. The molecule has 3 aromatic rings. The summed E-state index contributed by atoms with van der Waals surface area (Å²) in [6, 6.07) is 10.2. The first-order chi connectivity index (χ1) is 17.9. The molecule has 0 aliphatic rings. The standard InChI is InChI=1S/C26H29ClNO8PS/c1-26(2,3)25(30)35-15-36-37(31,32)23(21-14-38-22-7-6-17(27)12-20(21)22)24(29)28-9-8-16-10-18(33-4)13-19(11-16)34-5/h6-14,23H,15H2,1-5H3,(H,28,29)(H,31,32). The first-order valence-electron chi connectivity index (χ1n) is 11.4. The van der Waals surface area contributed by atoms with Gasteiger partial charge in [-0.05, 0) is 79.1 Å². The van der Waals surface area contributed by atoms with E-state index in [1.165, 1.54) is 31.8 Å². The molecule has 0 bridgehead atoms. The molecule has 9 nitrogen and oxygen atoms in total. The van der Waals surface area contributed by atoms with E-state index in [0.717, 1.165) is 4.70 Å². The maximum Gasteiger partial charge on any atom is 0.347 e. The summed E-state index contributed by atoms with van der Waals surface area (Å²) in [5, 5.41) is 5.10. The van der Waals surface area contributed by atoms with Crippen LogP contribution in [0.15, 0.2) is 48.0 Å². The zero-order valence-corrected chi connectivity index (χ0v) is 24.0. The molecule has 3 rings (SSSR count). The molecule has 0 aliphatic heterocycles. The van der Waals surface area contributed by atoms with Crippen LogP contribution in [0.3, 0.4) is 0 Å². The summed E-state index contributed by atoms with van der Waals surface area (Å²) in [6.07, 6.45) is 2.92. The van der Waals surface area contributed by atoms with Gasteiger partial charge in [0.05, 0.1) is 19.6 Å². The van der Waals surface area contributed by atoms with E-state index in [9.17, 15) is 19.0 Å². The number of rotatable bonds is 10. The molecule has 1 heterocycles. The monoisotopic (exact) mass is 581 g/mol. The third-order valence-electron chi connectivity index (χ3n) is 5.35. The summed E-state index contributed by atoms with van der Waals surface area (Å²) >= 11 is 7.45. The van der Waals surface area contributed by atoms with Crippen LogP contribution in [-0.2, 0) is 23.4 Å². The lowest BCUT2D eigenvalue weighted by atomic mass is 9.98. The van der Waals surface area contributed by atoms with Gasteiger partial charge in [-0.2, -0.15) is 0 Å². The van der Waals surface area contributed by atoms with Gasteiger partial charge >= 0.3 is 13.6 Å². The van der Waals surface area contributed by atoms with E-state index in [2.05, 4.69) is 5.32 Å².